The molecule has 2 aliphatic carbocycles. The molecule has 0 bridgehead atoms. The molecule has 0 heterocycles. The van der Waals surface area contributed by atoms with E-state index in [2.05, 4.69) is 13.5 Å². The Labute approximate surface area is 69.7 Å². The molecule has 0 aliphatic heterocycles. The number of rotatable bonds is 2. The second-order valence-corrected chi connectivity index (χ2v) is 4.28. The minimum Gasteiger partial charge on any atom is -0.0996 e. The standard InChI is InChI=1S/C11H18/c1-3-8(2)9-4-5-10-7-11(10)6-9/h9-11H,2-7H2,1H3. The highest BCUT2D eigenvalue weighted by Gasteiger charge is 2.42. The third-order valence-electron chi connectivity index (χ3n) is 3.57. The van der Waals surface area contributed by atoms with Crippen molar-refractivity contribution in [2.45, 2.75) is 39.0 Å². The second kappa shape index (κ2) is 2.66. The van der Waals surface area contributed by atoms with Crippen molar-refractivity contribution in [3.63, 3.8) is 0 Å². The van der Waals surface area contributed by atoms with Gasteiger partial charge in [0, 0.05) is 0 Å². The summed E-state index contributed by atoms with van der Waals surface area (Å²) in [5.41, 5.74) is 1.51. The van der Waals surface area contributed by atoms with Gasteiger partial charge in [-0.05, 0) is 49.9 Å². The molecule has 0 aromatic rings. The number of hydrogen-bond acceptors (Lipinski definition) is 0. The molecule has 0 aromatic carbocycles. The molecule has 11 heavy (non-hydrogen) atoms. The Morgan fingerprint density at radius 3 is 2.73 bits per heavy atom. The van der Waals surface area contributed by atoms with E-state index in [0.717, 1.165) is 17.8 Å². The van der Waals surface area contributed by atoms with E-state index < -0.39 is 0 Å². The molecule has 2 saturated carbocycles. The largest absolute Gasteiger partial charge is 0.0996 e. The molecule has 0 radical (unpaired) electrons. The Balaban J connectivity index is 1.89. The number of fused-ring (bicyclic) bond motifs is 1. The molecular weight excluding hydrogens is 132 g/mol. The minimum atomic E-state index is 0.892. The molecule has 3 unspecified atom stereocenters. The van der Waals surface area contributed by atoms with Gasteiger partial charge in [0.1, 0.15) is 0 Å². The third-order valence-corrected chi connectivity index (χ3v) is 3.57. The van der Waals surface area contributed by atoms with Crippen LogP contribution in [-0.4, -0.2) is 0 Å². The average molecular weight is 150 g/mol. The highest BCUT2D eigenvalue weighted by atomic mass is 14.5. The van der Waals surface area contributed by atoms with Crippen LogP contribution in [0.2, 0.25) is 0 Å². The van der Waals surface area contributed by atoms with Gasteiger partial charge in [-0.1, -0.05) is 19.1 Å². The maximum Gasteiger partial charge on any atom is -0.0203 e. The normalized spacial score (nSPS) is 41.4. The van der Waals surface area contributed by atoms with Crippen LogP contribution in [0.25, 0.3) is 0 Å². The fraction of sp³-hybridized carbons (Fsp3) is 0.818. The van der Waals surface area contributed by atoms with Gasteiger partial charge in [-0.2, -0.15) is 0 Å². The molecule has 0 nitrogen and oxygen atoms in total. The van der Waals surface area contributed by atoms with Gasteiger partial charge in [-0.15, -0.1) is 0 Å². The zero-order chi connectivity index (χ0) is 7.84. The van der Waals surface area contributed by atoms with Crippen molar-refractivity contribution in [1.82, 2.24) is 0 Å². The molecule has 0 heteroatoms. The highest BCUT2D eigenvalue weighted by molar-refractivity contribution is 5.05. The number of hydrogen-bond donors (Lipinski definition) is 0. The summed E-state index contributed by atoms with van der Waals surface area (Å²) in [7, 11) is 0. The summed E-state index contributed by atoms with van der Waals surface area (Å²) in [5, 5.41) is 0. The van der Waals surface area contributed by atoms with Crippen LogP contribution in [0.4, 0.5) is 0 Å². The van der Waals surface area contributed by atoms with Crippen LogP contribution in [0, 0.1) is 17.8 Å². The lowest BCUT2D eigenvalue weighted by atomic mass is 9.83. The van der Waals surface area contributed by atoms with Crippen LogP contribution in [-0.2, 0) is 0 Å². The highest BCUT2D eigenvalue weighted by Crippen LogP contribution is 2.52. The maximum atomic E-state index is 4.15. The van der Waals surface area contributed by atoms with E-state index in [1.54, 1.807) is 0 Å². The van der Waals surface area contributed by atoms with Crippen molar-refractivity contribution < 1.29 is 0 Å². The van der Waals surface area contributed by atoms with E-state index in [0.29, 0.717) is 0 Å². The molecule has 0 N–H and O–H groups in total. The van der Waals surface area contributed by atoms with Gasteiger partial charge < -0.3 is 0 Å². The Morgan fingerprint density at radius 2 is 2.09 bits per heavy atom. The fourth-order valence-corrected chi connectivity index (χ4v) is 2.51. The fourth-order valence-electron chi connectivity index (χ4n) is 2.51. The first kappa shape index (κ1) is 7.39. The van der Waals surface area contributed by atoms with Gasteiger partial charge in [0.2, 0.25) is 0 Å². The van der Waals surface area contributed by atoms with Crippen molar-refractivity contribution in [2.75, 3.05) is 0 Å². The van der Waals surface area contributed by atoms with Crippen molar-refractivity contribution in [1.29, 1.82) is 0 Å². The lowest BCUT2D eigenvalue weighted by molar-refractivity contribution is 0.380. The molecule has 0 aromatic heterocycles. The van der Waals surface area contributed by atoms with Crippen LogP contribution < -0.4 is 0 Å². The second-order valence-electron chi connectivity index (χ2n) is 4.28. The van der Waals surface area contributed by atoms with Crippen LogP contribution in [0.5, 0.6) is 0 Å². The Bertz CT molecular complexity index is 169. The molecular formula is C11H18. The predicted octanol–water partition coefficient (Wildman–Crippen LogP) is 3.39. The first-order chi connectivity index (χ1) is 5.31. The van der Waals surface area contributed by atoms with Gasteiger partial charge in [-0.3, -0.25) is 0 Å². The van der Waals surface area contributed by atoms with Crippen LogP contribution in [0.1, 0.15) is 39.0 Å². The molecule has 0 amide bonds. The Morgan fingerprint density at radius 1 is 1.27 bits per heavy atom. The van der Waals surface area contributed by atoms with Gasteiger partial charge in [-0.25, -0.2) is 0 Å². The van der Waals surface area contributed by atoms with Crippen molar-refractivity contribution >= 4 is 0 Å². The summed E-state index contributed by atoms with van der Waals surface area (Å²) in [5.74, 6) is 3.14. The van der Waals surface area contributed by atoms with Crippen LogP contribution in [0.3, 0.4) is 0 Å². The summed E-state index contributed by atoms with van der Waals surface area (Å²) in [6.07, 6.45) is 7.13. The Hall–Kier alpha value is -0.260. The van der Waals surface area contributed by atoms with E-state index in [1.165, 1.54) is 37.7 Å². The lowest BCUT2D eigenvalue weighted by Gasteiger charge is -2.22. The molecule has 2 fully saturated rings. The summed E-state index contributed by atoms with van der Waals surface area (Å²) in [6, 6.07) is 0. The van der Waals surface area contributed by atoms with Gasteiger partial charge in [0.25, 0.3) is 0 Å². The molecule has 62 valence electrons. The van der Waals surface area contributed by atoms with E-state index in [1.807, 2.05) is 0 Å². The molecule has 0 saturated heterocycles. The van der Waals surface area contributed by atoms with E-state index in [-0.39, 0.29) is 0 Å². The topological polar surface area (TPSA) is 0 Å². The summed E-state index contributed by atoms with van der Waals surface area (Å²) in [6.45, 7) is 6.39. The molecule has 3 atom stereocenters. The molecule has 2 aliphatic rings. The summed E-state index contributed by atoms with van der Waals surface area (Å²) >= 11 is 0. The minimum absolute atomic E-state index is 0.892. The SMILES string of the molecule is C=C(CC)C1CCC2CC2C1. The van der Waals surface area contributed by atoms with Crippen molar-refractivity contribution in [3.05, 3.63) is 12.2 Å². The van der Waals surface area contributed by atoms with Crippen molar-refractivity contribution in [2.24, 2.45) is 17.8 Å². The quantitative estimate of drug-likeness (QED) is 0.529. The van der Waals surface area contributed by atoms with Gasteiger partial charge in [0.05, 0.1) is 0 Å². The smallest absolute Gasteiger partial charge is 0.0203 e. The summed E-state index contributed by atoms with van der Waals surface area (Å²) < 4.78 is 0. The number of allylic oxidation sites excluding steroid dienone is 1. The average Bonchev–Trinajstić information content (AvgIpc) is 2.80. The monoisotopic (exact) mass is 150 g/mol. The predicted molar refractivity (Wildman–Crippen MR) is 48.4 cm³/mol. The van der Waals surface area contributed by atoms with E-state index in [9.17, 15) is 0 Å². The maximum absolute atomic E-state index is 4.15. The van der Waals surface area contributed by atoms with Gasteiger partial charge >= 0.3 is 0 Å². The lowest BCUT2D eigenvalue weighted by Crippen LogP contribution is -2.09. The van der Waals surface area contributed by atoms with Crippen LogP contribution in [0.15, 0.2) is 12.2 Å². The van der Waals surface area contributed by atoms with E-state index >= 15 is 0 Å². The van der Waals surface area contributed by atoms with Crippen molar-refractivity contribution in [3.8, 4) is 0 Å². The zero-order valence-electron chi connectivity index (χ0n) is 7.47. The first-order valence-electron chi connectivity index (χ1n) is 4.99. The van der Waals surface area contributed by atoms with Crippen LogP contribution >= 0.6 is 0 Å². The Kier molecular flexibility index (Phi) is 1.78. The molecule has 0 spiro atoms. The third kappa shape index (κ3) is 1.36. The first-order valence-corrected chi connectivity index (χ1v) is 4.99. The summed E-state index contributed by atoms with van der Waals surface area (Å²) in [4.78, 5) is 0. The zero-order valence-corrected chi connectivity index (χ0v) is 7.47. The van der Waals surface area contributed by atoms with E-state index in [4.69, 9.17) is 0 Å². The molecule has 2 rings (SSSR count). The van der Waals surface area contributed by atoms with Gasteiger partial charge in [0.15, 0.2) is 0 Å².